The van der Waals surface area contributed by atoms with Crippen LogP contribution in [0.25, 0.3) is 5.57 Å². The summed E-state index contributed by atoms with van der Waals surface area (Å²) < 4.78 is 0. The van der Waals surface area contributed by atoms with Crippen molar-refractivity contribution in [3.8, 4) is 5.88 Å². The van der Waals surface area contributed by atoms with E-state index in [9.17, 15) is 14.7 Å². The van der Waals surface area contributed by atoms with E-state index in [1.54, 1.807) is 24.3 Å². The van der Waals surface area contributed by atoms with Gasteiger partial charge >= 0.3 is 5.97 Å². The van der Waals surface area contributed by atoms with Crippen LogP contribution in [0.2, 0.25) is 0 Å². The maximum absolute atomic E-state index is 12.0. The van der Waals surface area contributed by atoms with Crippen LogP contribution < -0.4 is 15.9 Å². The number of thiazole rings is 1. The Balaban J connectivity index is 2.08. The lowest BCUT2D eigenvalue weighted by molar-refractivity contribution is -0.134. The topological polar surface area (TPSA) is 112 Å². The summed E-state index contributed by atoms with van der Waals surface area (Å²) in [6.07, 6.45) is 0. The first kappa shape index (κ1) is 13.3. The van der Waals surface area contributed by atoms with Gasteiger partial charge in [-0.2, -0.15) is 4.98 Å². The van der Waals surface area contributed by atoms with Crippen LogP contribution in [0.3, 0.4) is 0 Å². The lowest BCUT2D eigenvalue weighted by Crippen LogP contribution is -2.22. The van der Waals surface area contributed by atoms with Gasteiger partial charge in [0.1, 0.15) is 11.4 Å². The van der Waals surface area contributed by atoms with E-state index in [4.69, 9.17) is 5.11 Å². The molecule has 1 aliphatic rings. The lowest BCUT2D eigenvalue weighted by Gasteiger charge is -1.96. The molecule has 0 atom stereocenters. The lowest BCUT2D eigenvalue weighted by atomic mass is 10.1. The number of hydrogen-bond acceptors (Lipinski definition) is 6. The highest BCUT2D eigenvalue weighted by Gasteiger charge is 2.24. The third-order valence-corrected chi connectivity index (χ3v) is 3.86. The predicted octanol–water partition coefficient (Wildman–Crippen LogP) is -0.296. The van der Waals surface area contributed by atoms with Crippen LogP contribution in [0.15, 0.2) is 29.3 Å². The molecule has 106 valence electrons. The first-order valence-corrected chi connectivity index (χ1v) is 6.76. The summed E-state index contributed by atoms with van der Waals surface area (Å²) in [6, 6.07) is 6.99. The first-order valence-electron chi connectivity index (χ1n) is 5.94. The van der Waals surface area contributed by atoms with Crippen LogP contribution >= 0.6 is 11.3 Å². The van der Waals surface area contributed by atoms with Gasteiger partial charge in [-0.3, -0.25) is 9.59 Å². The highest BCUT2D eigenvalue weighted by atomic mass is 32.1. The molecule has 8 heteroatoms. The molecule has 1 amide bonds. The Bertz CT molecular complexity index is 872. The predicted molar refractivity (Wildman–Crippen MR) is 74.6 cm³/mol. The molecule has 21 heavy (non-hydrogen) atoms. The normalized spacial score (nSPS) is 13.0. The van der Waals surface area contributed by atoms with Gasteiger partial charge in [-0.05, 0) is 6.07 Å². The fraction of sp³-hybridized carbons (Fsp3) is 0.0769. The standard InChI is InChI=1S/C13H9N3O4S/c17-8(18)5-14-13-16-12(20)10(21-13)9-6-3-1-2-4-7(6)15-11(9)19/h1-4,20H,5H2,(H,14,16)(H,17,18). The van der Waals surface area contributed by atoms with Crippen LogP contribution in [-0.4, -0.2) is 33.6 Å². The number of benzene rings is 1. The number of carboxylic acid groups (broad SMARTS) is 1. The minimum absolute atomic E-state index is 0.231. The Morgan fingerprint density at radius 1 is 1.33 bits per heavy atom. The van der Waals surface area contributed by atoms with E-state index in [1.807, 2.05) is 0 Å². The van der Waals surface area contributed by atoms with E-state index < -0.39 is 11.9 Å². The fourth-order valence-corrected chi connectivity index (χ4v) is 2.89. The Kier molecular flexibility index (Phi) is 3.15. The van der Waals surface area contributed by atoms with Crippen molar-refractivity contribution in [3.63, 3.8) is 0 Å². The van der Waals surface area contributed by atoms with Gasteiger partial charge in [-0.15, -0.1) is 0 Å². The summed E-state index contributed by atoms with van der Waals surface area (Å²) in [7, 11) is 0. The quantitative estimate of drug-likeness (QED) is 0.715. The van der Waals surface area contributed by atoms with Crippen molar-refractivity contribution in [2.24, 2.45) is 4.99 Å². The number of nitrogens with one attached hydrogen (secondary N) is 1. The first-order chi connectivity index (χ1) is 10.1. The zero-order chi connectivity index (χ0) is 15.0. The molecule has 1 aromatic carbocycles. The summed E-state index contributed by atoms with van der Waals surface area (Å²) in [5.74, 6) is -1.81. The van der Waals surface area contributed by atoms with Gasteiger partial charge in [-0.25, -0.2) is 4.99 Å². The summed E-state index contributed by atoms with van der Waals surface area (Å²) >= 11 is 1.01. The summed E-state index contributed by atoms with van der Waals surface area (Å²) in [5, 5.41) is 22.5. The molecule has 2 heterocycles. The minimum Gasteiger partial charge on any atom is -0.492 e. The Hall–Kier alpha value is -2.74. The Morgan fingerprint density at radius 2 is 2.10 bits per heavy atom. The average molecular weight is 303 g/mol. The number of rotatable bonds is 4. The van der Waals surface area contributed by atoms with Crippen molar-refractivity contribution in [1.29, 1.82) is 0 Å². The number of para-hydroxylation sites is 1. The van der Waals surface area contributed by atoms with Crippen molar-refractivity contribution in [3.05, 3.63) is 39.7 Å². The molecule has 3 rings (SSSR count). The van der Waals surface area contributed by atoms with E-state index in [0.717, 1.165) is 11.3 Å². The molecule has 0 radical (unpaired) electrons. The van der Waals surface area contributed by atoms with Gasteiger partial charge in [0.05, 0.1) is 10.9 Å². The second kappa shape index (κ2) is 4.98. The summed E-state index contributed by atoms with van der Waals surface area (Å²) in [4.78, 5) is 30.5. The molecule has 0 spiro atoms. The van der Waals surface area contributed by atoms with E-state index in [0.29, 0.717) is 10.6 Å². The molecule has 0 bridgehead atoms. The number of carbonyl (C=O) groups is 2. The summed E-state index contributed by atoms with van der Waals surface area (Å²) in [5.41, 5.74) is 0.281. The summed E-state index contributed by atoms with van der Waals surface area (Å²) in [6.45, 7) is -0.323. The number of anilines is 1. The minimum atomic E-state index is -1.05. The van der Waals surface area contributed by atoms with E-state index in [2.05, 4.69) is 15.3 Å². The smallest absolute Gasteiger partial charge is 0.322 e. The molecule has 1 aromatic heterocycles. The monoisotopic (exact) mass is 303 g/mol. The number of fused-ring (bicyclic) bond motifs is 1. The SMILES string of the molecule is O=C(O)CNc1nc(O)c(C2=c3ccccc3=NC2=O)s1. The average Bonchev–Trinajstić information content (AvgIpc) is 2.95. The van der Waals surface area contributed by atoms with Gasteiger partial charge in [-0.1, -0.05) is 29.5 Å². The third-order valence-electron chi connectivity index (χ3n) is 2.84. The van der Waals surface area contributed by atoms with Crippen LogP contribution in [0.4, 0.5) is 5.13 Å². The highest BCUT2D eigenvalue weighted by molar-refractivity contribution is 7.17. The number of hydrogen-bond donors (Lipinski definition) is 3. The van der Waals surface area contributed by atoms with Gasteiger partial charge in [0.15, 0.2) is 5.13 Å². The van der Waals surface area contributed by atoms with Crippen LogP contribution in [-0.2, 0) is 9.59 Å². The van der Waals surface area contributed by atoms with Gasteiger partial charge in [0, 0.05) is 5.22 Å². The van der Waals surface area contributed by atoms with Crippen LogP contribution in [0.5, 0.6) is 5.88 Å². The number of nitrogens with zero attached hydrogens (tertiary/aromatic N) is 2. The number of amides is 1. The number of aliphatic carboxylic acids is 1. The molecule has 0 saturated carbocycles. The highest BCUT2D eigenvalue weighted by Crippen LogP contribution is 2.33. The number of carbonyl (C=O) groups excluding carboxylic acids is 1. The van der Waals surface area contributed by atoms with Crippen LogP contribution in [0.1, 0.15) is 4.88 Å². The van der Waals surface area contributed by atoms with Crippen molar-refractivity contribution in [1.82, 2.24) is 4.98 Å². The maximum Gasteiger partial charge on any atom is 0.322 e. The zero-order valence-corrected chi connectivity index (χ0v) is 11.3. The van der Waals surface area contributed by atoms with E-state index in [1.165, 1.54) is 0 Å². The van der Waals surface area contributed by atoms with Gasteiger partial charge in [0.25, 0.3) is 5.91 Å². The van der Waals surface area contributed by atoms with E-state index >= 15 is 0 Å². The second-order valence-corrected chi connectivity index (χ2v) is 5.23. The number of aromatic nitrogens is 1. The maximum atomic E-state index is 12.0. The van der Waals surface area contributed by atoms with Crippen molar-refractivity contribution < 1.29 is 19.8 Å². The third kappa shape index (κ3) is 2.36. The van der Waals surface area contributed by atoms with Crippen molar-refractivity contribution in [2.75, 3.05) is 11.9 Å². The van der Waals surface area contributed by atoms with Gasteiger partial charge in [0.2, 0.25) is 5.88 Å². The molecule has 1 aliphatic heterocycles. The molecule has 0 saturated heterocycles. The largest absolute Gasteiger partial charge is 0.492 e. The van der Waals surface area contributed by atoms with E-state index in [-0.39, 0.29) is 28.0 Å². The molecule has 7 nitrogen and oxygen atoms in total. The van der Waals surface area contributed by atoms with Crippen molar-refractivity contribution in [2.45, 2.75) is 0 Å². The van der Waals surface area contributed by atoms with Crippen molar-refractivity contribution >= 4 is 33.9 Å². The zero-order valence-electron chi connectivity index (χ0n) is 10.5. The Labute approximate surface area is 121 Å². The van der Waals surface area contributed by atoms with Gasteiger partial charge < -0.3 is 15.5 Å². The molecule has 2 aromatic rings. The molecule has 0 unspecified atom stereocenters. The second-order valence-electron chi connectivity index (χ2n) is 4.23. The number of aromatic hydroxyl groups is 1. The molecule has 0 fully saturated rings. The molecular formula is C13H9N3O4S. The Morgan fingerprint density at radius 3 is 2.86 bits per heavy atom. The fourth-order valence-electron chi connectivity index (χ4n) is 1.98. The molecule has 3 N–H and O–H groups in total. The molecule has 0 aliphatic carbocycles. The molecular weight excluding hydrogens is 294 g/mol. The number of carboxylic acids is 1. The van der Waals surface area contributed by atoms with Crippen LogP contribution in [0, 0.1) is 0 Å².